The third-order valence-corrected chi connectivity index (χ3v) is 6.15. The lowest BCUT2D eigenvalue weighted by atomic mass is 10.2. The van der Waals surface area contributed by atoms with E-state index in [1.54, 1.807) is 10.6 Å². The van der Waals surface area contributed by atoms with Crippen molar-refractivity contribution in [3.8, 4) is 11.6 Å². The van der Waals surface area contributed by atoms with Crippen LogP contribution in [0.5, 0.6) is 11.6 Å². The van der Waals surface area contributed by atoms with Crippen LogP contribution in [0, 0.1) is 11.6 Å². The molecule has 0 unspecified atom stereocenters. The molecule has 9 heteroatoms. The number of hydrogen-bond acceptors (Lipinski definition) is 5. The summed E-state index contributed by atoms with van der Waals surface area (Å²) < 4.78 is 54.1. The van der Waals surface area contributed by atoms with Gasteiger partial charge in [-0.2, -0.15) is 4.98 Å². The van der Waals surface area contributed by atoms with Crippen molar-refractivity contribution in [1.82, 2.24) is 9.55 Å². The van der Waals surface area contributed by atoms with E-state index < -0.39 is 29.7 Å². The van der Waals surface area contributed by atoms with Crippen LogP contribution in [0.2, 0.25) is 0 Å². The number of benzene rings is 1. The molecule has 2 aromatic rings. The van der Waals surface area contributed by atoms with E-state index in [2.05, 4.69) is 9.88 Å². The van der Waals surface area contributed by atoms with E-state index in [0.717, 1.165) is 37.3 Å². The van der Waals surface area contributed by atoms with Gasteiger partial charge in [-0.3, -0.25) is 8.96 Å². The van der Waals surface area contributed by atoms with E-state index >= 15 is 0 Å². The molecular weight excluding hydrogens is 399 g/mol. The smallest absolute Gasteiger partial charge is 0.352 e. The Morgan fingerprint density at radius 1 is 1.20 bits per heavy atom. The predicted molar refractivity (Wildman–Crippen MR) is 103 cm³/mol. The van der Waals surface area contributed by atoms with E-state index in [1.807, 2.05) is 0 Å². The Morgan fingerprint density at radius 3 is 2.67 bits per heavy atom. The van der Waals surface area contributed by atoms with Gasteiger partial charge in [0.05, 0.1) is 6.67 Å². The summed E-state index contributed by atoms with van der Waals surface area (Å²) >= 11 is 0. The molecule has 0 amide bonds. The predicted octanol–water partition coefficient (Wildman–Crippen LogP) is 3.35. The normalized spacial score (nSPS) is 20.8. The van der Waals surface area contributed by atoms with E-state index in [0.29, 0.717) is 25.4 Å². The number of anilines is 1. The van der Waals surface area contributed by atoms with Gasteiger partial charge in [0.2, 0.25) is 5.88 Å². The molecule has 1 saturated carbocycles. The lowest BCUT2D eigenvalue weighted by molar-refractivity contribution is 0.142. The quantitative estimate of drug-likeness (QED) is 0.686. The van der Waals surface area contributed by atoms with Gasteiger partial charge in [-0.05, 0) is 43.4 Å². The maximum absolute atomic E-state index is 14.4. The van der Waals surface area contributed by atoms with Crippen molar-refractivity contribution in [3.05, 3.63) is 45.9 Å². The van der Waals surface area contributed by atoms with Gasteiger partial charge in [0.15, 0.2) is 17.4 Å². The highest BCUT2D eigenvalue weighted by atomic mass is 19.1. The Balaban J connectivity index is 1.31. The number of nitrogens with zero attached hydrogens (tertiary/aromatic N) is 3. The summed E-state index contributed by atoms with van der Waals surface area (Å²) in [6, 6.07) is 4.27. The number of aromatic nitrogens is 2. The molecule has 1 saturated heterocycles. The summed E-state index contributed by atoms with van der Waals surface area (Å²) in [6.07, 6.45) is 3.40. The first kappa shape index (κ1) is 19.3. The molecule has 0 N–H and O–H groups in total. The number of fused-ring (bicyclic) bond motifs is 3. The van der Waals surface area contributed by atoms with Gasteiger partial charge >= 0.3 is 5.69 Å². The van der Waals surface area contributed by atoms with Gasteiger partial charge in [0.25, 0.3) is 0 Å². The topological polar surface area (TPSA) is 56.6 Å². The Labute approximate surface area is 171 Å². The molecule has 1 aromatic carbocycles. The van der Waals surface area contributed by atoms with Crippen LogP contribution >= 0.6 is 0 Å². The highest BCUT2D eigenvalue weighted by molar-refractivity contribution is 5.48. The minimum absolute atomic E-state index is 0.119. The van der Waals surface area contributed by atoms with Crippen LogP contribution in [-0.2, 0) is 13.2 Å². The van der Waals surface area contributed by atoms with Crippen molar-refractivity contribution in [3.63, 3.8) is 0 Å². The summed E-state index contributed by atoms with van der Waals surface area (Å²) in [5.41, 5.74) is -0.937. The van der Waals surface area contributed by atoms with Gasteiger partial charge in [-0.15, -0.1) is 0 Å². The van der Waals surface area contributed by atoms with Crippen molar-refractivity contribution in [1.29, 1.82) is 0 Å². The van der Waals surface area contributed by atoms with Crippen molar-refractivity contribution in [2.24, 2.45) is 0 Å². The summed E-state index contributed by atoms with van der Waals surface area (Å²) in [6.45, 7) is 0.767. The number of ether oxygens (including phenoxy) is 2. The lowest BCUT2D eigenvalue weighted by Crippen LogP contribution is -2.24. The summed E-state index contributed by atoms with van der Waals surface area (Å²) in [5.74, 6) is -1.31. The first-order chi connectivity index (χ1) is 14.5. The highest BCUT2D eigenvalue weighted by Gasteiger charge is 2.46. The average molecular weight is 421 g/mol. The monoisotopic (exact) mass is 421 g/mol. The van der Waals surface area contributed by atoms with Crippen LogP contribution in [0.15, 0.2) is 23.0 Å². The van der Waals surface area contributed by atoms with Crippen molar-refractivity contribution < 1.29 is 22.6 Å². The van der Waals surface area contributed by atoms with Crippen molar-refractivity contribution in [2.75, 3.05) is 18.1 Å². The van der Waals surface area contributed by atoms with Crippen LogP contribution in [-0.4, -0.2) is 34.4 Å². The van der Waals surface area contributed by atoms with Gasteiger partial charge < -0.3 is 14.4 Å². The van der Waals surface area contributed by atoms with Gasteiger partial charge in [0, 0.05) is 31.6 Å². The Morgan fingerprint density at radius 2 is 1.97 bits per heavy atom. The molecule has 2 fully saturated rings. The van der Waals surface area contributed by atoms with Gasteiger partial charge in [-0.25, -0.2) is 13.6 Å². The maximum atomic E-state index is 14.4. The van der Waals surface area contributed by atoms with E-state index in [-0.39, 0.29) is 30.2 Å². The minimum atomic E-state index is -0.861. The van der Waals surface area contributed by atoms with Gasteiger partial charge in [0.1, 0.15) is 18.0 Å². The van der Waals surface area contributed by atoms with Crippen LogP contribution < -0.4 is 20.1 Å². The zero-order valence-corrected chi connectivity index (χ0v) is 16.4. The molecule has 5 rings (SSSR count). The summed E-state index contributed by atoms with van der Waals surface area (Å²) in [4.78, 5) is 18.4. The standard InChI is InChI=1S/C21H22F3N3O3/c22-6-5-21(3-4-21)30-19-15(23)8-13(9-16(19)24)12-29-17-10-18-26-7-1-2-14(26)11-27(18)20(28)25-17/h8-10,14H,1-7,11-12H2/t14-/m0/s1. The molecule has 2 aliphatic heterocycles. The number of rotatable bonds is 7. The fraction of sp³-hybridized carbons (Fsp3) is 0.524. The number of halogens is 3. The molecular formula is C21H22F3N3O3. The van der Waals surface area contributed by atoms with E-state index in [4.69, 9.17) is 9.47 Å². The molecule has 1 aliphatic carbocycles. The Kier molecular flexibility index (Phi) is 4.63. The summed E-state index contributed by atoms with van der Waals surface area (Å²) in [7, 11) is 0. The molecule has 30 heavy (non-hydrogen) atoms. The number of hydrogen-bond donors (Lipinski definition) is 0. The molecule has 3 aliphatic rings. The highest BCUT2D eigenvalue weighted by Crippen LogP contribution is 2.44. The molecule has 1 atom stereocenters. The van der Waals surface area contributed by atoms with Crippen LogP contribution in [0.4, 0.5) is 19.0 Å². The van der Waals surface area contributed by atoms with E-state index in [1.165, 1.54) is 0 Å². The third-order valence-electron chi connectivity index (χ3n) is 6.15. The van der Waals surface area contributed by atoms with Crippen LogP contribution in [0.3, 0.4) is 0 Å². The zero-order chi connectivity index (χ0) is 20.9. The molecule has 0 bridgehead atoms. The minimum Gasteiger partial charge on any atom is -0.481 e. The average Bonchev–Trinajstić information content (AvgIpc) is 3.15. The Hall–Kier alpha value is -2.71. The second-order valence-corrected chi connectivity index (χ2v) is 8.24. The Bertz CT molecular complexity index is 1010. The second kappa shape index (κ2) is 7.21. The molecule has 1 aromatic heterocycles. The molecule has 3 heterocycles. The molecule has 160 valence electrons. The maximum Gasteiger partial charge on any atom is 0.352 e. The van der Waals surface area contributed by atoms with Crippen molar-refractivity contribution >= 4 is 5.82 Å². The number of alkyl halides is 1. The second-order valence-electron chi connectivity index (χ2n) is 8.24. The zero-order valence-electron chi connectivity index (χ0n) is 16.4. The fourth-order valence-corrected chi connectivity index (χ4v) is 4.38. The molecule has 6 nitrogen and oxygen atoms in total. The first-order valence-electron chi connectivity index (χ1n) is 10.2. The van der Waals surface area contributed by atoms with E-state index in [9.17, 15) is 18.0 Å². The fourth-order valence-electron chi connectivity index (χ4n) is 4.38. The van der Waals surface area contributed by atoms with Crippen LogP contribution in [0.25, 0.3) is 0 Å². The first-order valence-corrected chi connectivity index (χ1v) is 10.2. The molecule has 0 spiro atoms. The third kappa shape index (κ3) is 3.40. The lowest BCUT2D eigenvalue weighted by Gasteiger charge is -2.18. The summed E-state index contributed by atoms with van der Waals surface area (Å²) in [5, 5.41) is 0. The largest absolute Gasteiger partial charge is 0.481 e. The van der Waals surface area contributed by atoms with Gasteiger partial charge in [-0.1, -0.05) is 0 Å². The SMILES string of the molecule is O=c1nc(OCc2cc(F)c(OC3(CCF)CC3)c(F)c2)cc2n1C[C@@H]1CCCN21. The van der Waals surface area contributed by atoms with Crippen molar-refractivity contribution in [2.45, 2.75) is 56.9 Å². The molecule has 0 radical (unpaired) electrons. The van der Waals surface area contributed by atoms with Crippen LogP contribution in [0.1, 0.15) is 37.7 Å².